The summed E-state index contributed by atoms with van der Waals surface area (Å²) in [4.78, 5) is 15.9. The standard InChI is InChI=1S/C16H20BrNO/c1-3-5-7-11(4-2)16(19)12-10-18-14-9-6-8-13(17)15(12)14/h6,8-11,18H,3-5,7H2,1-2H3. The van der Waals surface area contributed by atoms with Crippen molar-refractivity contribution in [1.29, 1.82) is 0 Å². The second-order valence-electron chi connectivity index (χ2n) is 4.98. The third-order valence-electron chi connectivity index (χ3n) is 3.69. The molecule has 0 aliphatic heterocycles. The molecule has 2 aromatic rings. The van der Waals surface area contributed by atoms with E-state index in [0.29, 0.717) is 0 Å². The lowest BCUT2D eigenvalue weighted by atomic mass is 9.90. The van der Waals surface area contributed by atoms with Gasteiger partial charge in [-0.25, -0.2) is 0 Å². The topological polar surface area (TPSA) is 32.9 Å². The van der Waals surface area contributed by atoms with Crippen LogP contribution in [0.2, 0.25) is 0 Å². The van der Waals surface area contributed by atoms with E-state index < -0.39 is 0 Å². The number of rotatable bonds is 6. The number of H-pyrrole nitrogens is 1. The van der Waals surface area contributed by atoms with E-state index in [0.717, 1.165) is 46.6 Å². The molecule has 1 heterocycles. The molecule has 0 radical (unpaired) electrons. The Balaban J connectivity index is 2.35. The second-order valence-corrected chi connectivity index (χ2v) is 5.83. The number of unbranched alkanes of at least 4 members (excludes halogenated alkanes) is 1. The first-order valence-electron chi connectivity index (χ1n) is 6.98. The van der Waals surface area contributed by atoms with Gasteiger partial charge < -0.3 is 4.98 Å². The zero-order valence-corrected chi connectivity index (χ0v) is 13.1. The predicted molar refractivity (Wildman–Crippen MR) is 83.6 cm³/mol. The molecule has 1 unspecified atom stereocenters. The first kappa shape index (κ1) is 14.3. The van der Waals surface area contributed by atoms with E-state index in [2.05, 4.69) is 34.8 Å². The van der Waals surface area contributed by atoms with Gasteiger partial charge in [0.05, 0.1) is 0 Å². The summed E-state index contributed by atoms with van der Waals surface area (Å²) < 4.78 is 0.986. The summed E-state index contributed by atoms with van der Waals surface area (Å²) in [7, 11) is 0. The Labute approximate surface area is 122 Å². The van der Waals surface area contributed by atoms with Crippen molar-refractivity contribution >= 4 is 32.6 Å². The number of halogens is 1. The van der Waals surface area contributed by atoms with Gasteiger partial charge in [0.25, 0.3) is 0 Å². The van der Waals surface area contributed by atoms with Crippen LogP contribution in [0.15, 0.2) is 28.9 Å². The van der Waals surface area contributed by atoms with Crippen LogP contribution in [0.1, 0.15) is 49.9 Å². The summed E-state index contributed by atoms with van der Waals surface area (Å²) in [5.41, 5.74) is 1.84. The maximum absolute atomic E-state index is 12.7. The fraction of sp³-hybridized carbons (Fsp3) is 0.438. The number of nitrogens with one attached hydrogen (secondary N) is 1. The number of benzene rings is 1. The quantitative estimate of drug-likeness (QED) is 0.716. The van der Waals surface area contributed by atoms with E-state index in [1.54, 1.807) is 0 Å². The molecule has 102 valence electrons. The highest BCUT2D eigenvalue weighted by Gasteiger charge is 2.21. The molecule has 1 atom stereocenters. The van der Waals surface area contributed by atoms with Crippen molar-refractivity contribution in [3.63, 3.8) is 0 Å². The minimum absolute atomic E-state index is 0.144. The van der Waals surface area contributed by atoms with Crippen molar-refractivity contribution in [1.82, 2.24) is 4.98 Å². The lowest BCUT2D eigenvalue weighted by molar-refractivity contribution is 0.0910. The van der Waals surface area contributed by atoms with E-state index in [4.69, 9.17) is 0 Å². The molecule has 19 heavy (non-hydrogen) atoms. The molecule has 0 aliphatic carbocycles. The van der Waals surface area contributed by atoms with Crippen LogP contribution in [0.4, 0.5) is 0 Å². The van der Waals surface area contributed by atoms with Crippen LogP contribution in [0.5, 0.6) is 0 Å². The average Bonchev–Trinajstić information content (AvgIpc) is 2.84. The Kier molecular flexibility index (Phi) is 4.81. The van der Waals surface area contributed by atoms with Crippen LogP contribution in [0.25, 0.3) is 10.9 Å². The minimum atomic E-state index is 0.144. The van der Waals surface area contributed by atoms with Gasteiger partial charge in [-0.3, -0.25) is 4.79 Å². The number of aromatic nitrogens is 1. The molecule has 2 nitrogen and oxygen atoms in total. The summed E-state index contributed by atoms with van der Waals surface area (Å²) in [6.45, 7) is 4.27. The SMILES string of the molecule is CCCCC(CC)C(=O)c1c[nH]c2cccc(Br)c12. The number of carbonyl (C=O) groups excluding carboxylic acids is 1. The van der Waals surface area contributed by atoms with Gasteiger partial charge in [0.15, 0.2) is 5.78 Å². The van der Waals surface area contributed by atoms with E-state index in [-0.39, 0.29) is 11.7 Å². The molecule has 0 spiro atoms. The average molecular weight is 322 g/mol. The molecular formula is C16H20BrNO. The van der Waals surface area contributed by atoms with Crippen molar-refractivity contribution in [2.75, 3.05) is 0 Å². The fourth-order valence-electron chi connectivity index (χ4n) is 2.53. The van der Waals surface area contributed by atoms with Crippen LogP contribution < -0.4 is 0 Å². The molecule has 0 aliphatic rings. The van der Waals surface area contributed by atoms with Crippen LogP contribution >= 0.6 is 15.9 Å². The highest BCUT2D eigenvalue weighted by atomic mass is 79.9. The van der Waals surface area contributed by atoms with Crippen LogP contribution in [0.3, 0.4) is 0 Å². The van der Waals surface area contributed by atoms with Crippen molar-refractivity contribution in [3.05, 3.63) is 34.4 Å². The Morgan fingerprint density at radius 2 is 2.16 bits per heavy atom. The minimum Gasteiger partial charge on any atom is -0.360 e. The summed E-state index contributed by atoms with van der Waals surface area (Å²) in [6, 6.07) is 5.97. The highest BCUT2D eigenvalue weighted by molar-refractivity contribution is 9.10. The van der Waals surface area contributed by atoms with Gasteiger partial charge in [-0.2, -0.15) is 0 Å². The normalized spacial score (nSPS) is 12.8. The Bertz CT molecular complexity index is 573. The molecule has 3 heteroatoms. The Morgan fingerprint density at radius 1 is 1.37 bits per heavy atom. The van der Waals surface area contributed by atoms with Gasteiger partial charge in [0.1, 0.15) is 0 Å². The van der Waals surface area contributed by atoms with Crippen molar-refractivity contribution < 1.29 is 4.79 Å². The van der Waals surface area contributed by atoms with Gasteiger partial charge in [-0.05, 0) is 25.0 Å². The van der Waals surface area contributed by atoms with Gasteiger partial charge in [0, 0.05) is 33.1 Å². The smallest absolute Gasteiger partial charge is 0.168 e. The summed E-state index contributed by atoms with van der Waals surface area (Å²) in [5, 5.41) is 1.02. The van der Waals surface area contributed by atoms with Crippen LogP contribution in [0, 0.1) is 5.92 Å². The van der Waals surface area contributed by atoms with Gasteiger partial charge in [-0.15, -0.1) is 0 Å². The number of ketones is 1. The largest absolute Gasteiger partial charge is 0.360 e. The number of hydrogen-bond acceptors (Lipinski definition) is 1. The van der Waals surface area contributed by atoms with Crippen LogP contribution in [-0.2, 0) is 0 Å². The highest BCUT2D eigenvalue weighted by Crippen LogP contribution is 2.30. The molecule has 0 fully saturated rings. The van der Waals surface area contributed by atoms with Crippen molar-refractivity contribution in [2.45, 2.75) is 39.5 Å². The molecule has 1 aromatic heterocycles. The van der Waals surface area contributed by atoms with Gasteiger partial charge >= 0.3 is 0 Å². The molecule has 2 rings (SSSR count). The molecule has 0 bridgehead atoms. The van der Waals surface area contributed by atoms with Gasteiger partial charge in [-0.1, -0.05) is 48.7 Å². The molecule has 0 amide bonds. The van der Waals surface area contributed by atoms with Crippen molar-refractivity contribution in [3.8, 4) is 0 Å². The lowest BCUT2D eigenvalue weighted by Gasteiger charge is -2.12. The van der Waals surface area contributed by atoms with E-state index in [1.165, 1.54) is 0 Å². The third-order valence-corrected chi connectivity index (χ3v) is 4.35. The van der Waals surface area contributed by atoms with Gasteiger partial charge in [0.2, 0.25) is 0 Å². The fourth-order valence-corrected chi connectivity index (χ4v) is 3.11. The Hall–Kier alpha value is -1.09. The summed E-state index contributed by atoms with van der Waals surface area (Å²) in [5.74, 6) is 0.417. The summed E-state index contributed by atoms with van der Waals surface area (Å²) >= 11 is 3.55. The summed E-state index contributed by atoms with van der Waals surface area (Å²) in [6.07, 6.45) is 6.01. The maximum atomic E-state index is 12.7. The van der Waals surface area contributed by atoms with E-state index >= 15 is 0 Å². The zero-order chi connectivity index (χ0) is 13.8. The predicted octanol–water partition coefficient (Wildman–Crippen LogP) is 5.33. The number of Topliss-reactive ketones (excluding diaryl/α,β-unsaturated/α-hetero) is 1. The molecule has 1 aromatic carbocycles. The van der Waals surface area contributed by atoms with E-state index in [1.807, 2.05) is 24.4 Å². The van der Waals surface area contributed by atoms with Crippen LogP contribution in [-0.4, -0.2) is 10.8 Å². The molecule has 1 N–H and O–H groups in total. The lowest BCUT2D eigenvalue weighted by Crippen LogP contribution is -2.13. The molecular weight excluding hydrogens is 302 g/mol. The zero-order valence-electron chi connectivity index (χ0n) is 11.5. The molecule has 0 saturated carbocycles. The van der Waals surface area contributed by atoms with Crippen molar-refractivity contribution in [2.24, 2.45) is 5.92 Å². The second kappa shape index (κ2) is 6.38. The number of fused-ring (bicyclic) bond motifs is 1. The number of aromatic amines is 1. The monoisotopic (exact) mass is 321 g/mol. The number of carbonyl (C=O) groups is 1. The van der Waals surface area contributed by atoms with E-state index in [9.17, 15) is 4.79 Å². The first-order chi connectivity index (χ1) is 9.19. The third kappa shape index (κ3) is 2.92. The number of hydrogen-bond donors (Lipinski definition) is 1. The maximum Gasteiger partial charge on any atom is 0.168 e. The first-order valence-corrected chi connectivity index (χ1v) is 7.78. The Morgan fingerprint density at radius 3 is 2.84 bits per heavy atom. The molecule has 0 saturated heterocycles.